The summed E-state index contributed by atoms with van der Waals surface area (Å²) in [7, 11) is 1.64. The normalized spacial score (nSPS) is 28.6. The summed E-state index contributed by atoms with van der Waals surface area (Å²) in [4.78, 5) is 4.60. The van der Waals surface area contributed by atoms with Crippen molar-refractivity contribution in [2.45, 2.75) is 44.6 Å². The van der Waals surface area contributed by atoms with Crippen LogP contribution in [0.2, 0.25) is 0 Å². The van der Waals surface area contributed by atoms with Crippen LogP contribution in [0, 0.1) is 11.3 Å². The molecule has 5 aliphatic rings. The number of amidine groups is 1. The van der Waals surface area contributed by atoms with Crippen molar-refractivity contribution < 1.29 is 23.0 Å². The number of rotatable bonds is 9. The lowest BCUT2D eigenvalue weighted by Gasteiger charge is -2.31. The maximum atomic E-state index is 13.1. The van der Waals surface area contributed by atoms with E-state index in [1.165, 1.54) is 0 Å². The smallest absolute Gasteiger partial charge is 0.272 e. The molecule has 1 fully saturated rings. The number of hydrogen-bond donors (Lipinski definition) is 1. The largest absolute Gasteiger partial charge is 0.486 e. The fourth-order valence-electron chi connectivity index (χ4n) is 5.15. The summed E-state index contributed by atoms with van der Waals surface area (Å²) >= 11 is 6.05. The van der Waals surface area contributed by atoms with Gasteiger partial charge in [0.05, 0.1) is 5.41 Å². The van der Waals surface area contributed by atoms with Crippen LogP contribution in [-0.4, -0.2) is 38.7 Å². The van der Waals surface area contributed by atoms with Crippen LogP contribution in [0.25, 0.3) is 0 Å². The fourth-order valence-corrected chi connectivity index (χ4v) is 5.30. The monoisotopic (exact) mass is 476 g/mol. The summed E-state index contributed by atoms with van der Waals surface area (Å²) in [6.45, 7) is -0.342. The molecule has 5 nitrogen and oxygen atoms in total. The number of halogens is 3. The first-order valence-corrected chi connectivity index (χ1v) is 11.7. The minimum absolute atomic E-state index is 0.184. The summed E-state index contributed by atoms with van der Waals surface area (Å²) in [6.07, 6.45) is 12.6. The number of alkyl halides is 2. The molecule has 0 saturated heterocycles. The average Bonchev–Trinajstić information content (AvgIpc) is 3.46. The van der Waals surface area contributed by atoms with Gasteiger partial charge < -0.3 is 19.5 Å². The summed E-state index contributed by atoms with van der Waals surface area (Å²) in [6, 6.07) is 0. The molecular formula is C25H27ClF2N2O3. The van der Waals surface area contributed by atoms with Crippen LogP contribution in [0.1, 0.15) is 32.1 Å². The molecule has 0 bridgehead atoms. The van der Waals surface area contributed by atoms with Gasteiger partial charge in [0.2, 0.25) is 0 Å². The van der Waals surface area contributed by atoms with Gasteiger partial charge in [-0.2, -0.15) is 0 Å². The van der Waals surface area contributed by atoms with Crippen LogP contribution in [0.5, 0.6) is 0 Å². The van der Waals surface area contributed by atoms with Crippen LogP contribution in [0.4, 0.5) is 8.78 Å². The molecule has 8 heteroatoms. The van der Waals surface area contributed by atoms with E-state index >= 15 is 0 Å². The Labute approximate surface area is 197 Å². The van der Waals surface area contributed by atoms with E-state index in [4.69, 9.17) is 25.8 Å². The molecule has 0 aromatic heterocycles. The second kappa shape index (κ2) is 9.11. The van der Waals surface area contributed by atoms with Gasteiger partial charge >= 0.3 is 0 Å². The van der Waals surface area contributed by atoms with Gasteiger partial charge in [-0.3, -0.25) is 0 Å². The SMILES string of the molecule is COC(C1=CN=C2NC=CC3CC123)C1=C(OCC(F)F)C(OCC2=CC=C(Cl)CC2)=CCC1. The maximum absolute atomic E-state index is 13.1. The molecule has 5 rings (SSSR count). The van der Waals surface area contributed by atoms with Crippen molar-refractivity contribution in [2.75, 3.05) is 20.3 Å². The van der Waals surface area contributed by atoms with E-state index in [1.54, 1.807) is 7.11 Å². The number of nitrogens with zero attached hydrogens (tertiary/aromatic N) is 1. The van der Waals surface area contributed by atoms with E-state index < -0.39 is 19.1 Å². The van der Waals surface area contributed by atoms with E-state index in [-0.39, 0.29) is 5.41 Å². The zero-order valence-electron chi connectivity index (χ0n) is 18.5. The van der Waals surface area contributed by atoms with E-state index in [1.807, 2.05) is 30.6 Å². The van der Waals surface area contributed by atoms with Gasteiger partial charge in [-0.05, 0) is 67.5 Å². The Hall–Kier alpha value is -2.38. The highest BCUT2D eigenvalue weighted by atomic mass is 35.5. The van der Waals surface area contributed by atoms with Gasteiger partial charge in [0.15, 0.2) is 11.5 Å². The van der Waals surface area contributed by atoms with Gasteiger partial charge in [0, 0.05) is 23.9 Å². The molecule has 176 valence electrons. The molecule has 0 amide bonds. The zero-order valence-corrected chi connectivity index (χ0v) is 19.2. The van der Waals surface area contributed by atoms with Crippen molar-refractivity contribution in [1.29, 1.82) is 0 Å². The maximum Gasteiger partial charge on any atom is 0.272 e. The van der Waals surface area contributed by atoms with Gasteiger partial charge in [-0.25, -0.2) is 13.8 Å². The van der Waals surface area contributed by atoms with Gasteiger partial charge in [-0.15, -0.1) is 0 Å². The minimum atomic E-state index is -2.59. The first kappa shape index (κ1) is 22.4. The zero-order chi connectivity index (χ0) is 23.0. The molecule has 1 saturated carbocycles. The molecule has 3 unspecified atom stereocenters. The first-order valence-electron chi connectivity index (χ1n) is 11.3. The van der Waals surface area contributed by atoms with Crippen LogP contribution in [0.15, 0.2) is 75.0 Å². The molecule has 3 aliphatic carbocycles. The Morgan fingerprint density at radius 3 is 2.88 bits per heavy atom. The summed E-state index contributed by atoms with van der Waals surface area (Å²) in [5, 5.41) is 4.07. The molecule has 0 radical (unpaired) electrons. The predicted molar refractivity (Wildman–Crippen MR) is 123 cm³/mol. The molecule has 0 aromatic carbocycles. The van der Waals surface area contributed by atoms with Crippen LogP contribution in [0.3, 0.4) is 0 Å². The van der Waals surface area contributed by atoms with Crippen molar-refractivity contribution in [3.05, 3.63) is 70.0 Å². The topological polar surface area (TPSA) is 52.1 Å². The number of hydrogen-bond acceptors (Lipinski definition) is 5. The predicted octanol–water partition coefficient (Wildman–Crippen LogP) is 5.49. The third-order valence-electron chi connectivity index (χ3n) is 6.88. The lowest BCUT2D eigenvalue weighted by Crippen LogP contribution is -2.36. The van der Waals surface area contributed by atoms with E-state index in [0.717, 1.165) is 46.8 Å². The Balaban J connectivity index is 1.42. The minimum Gasteiger partial charge on any atom is -0.486 e. The van der Waals surface area contributed by atoms with Crippen molar-refractivity contribution in [3.8, 4) is 0 Å². The average molecular weight is 477 g/mol. The highest BCUT2D eigenvalue weighted by Crippen LogP contribution is 2.64. The van der Waals surface area contributed by atoms with Crippen LogP contribution < -0.4 is 5.32 Å². The lowest BCUT2D eigenvalue weighted by molar-refractivity contribution is 0.0373. The Morgan fingerprint density at radius 2 is 2.12 bits per heavy atom. The van der Waals surface area contributed by atoms with E-state index in [0.29, 0.717) is 36.9 Å². The van der Waals surface area contributed by atoms with E-state index in [2.05, 4.69) is 16.4 Å². The third kappa shape index (κ3) is 4.17. The Morgan fingerprint density at radius 1 is 1.24 bits per heavy atom. The molecule has 0 aromatic rings. The first-order chi connectivity index (χ1) is 16.0. The molecule has 2 aliphatic heterocycles. The van der Waals surface area contributed by atoms with Gasteiger partial charge in [-0.1, -0.05) is 23.8 Å². The molecule has 1 spiro atoms. The van der Waals surface area contributed by atoms with Crippen molar-refractivity contribution in [3.63, 3.8) is 0 Å². The number of ether oxygens (including phenoxy) is 3. The number of nitrogens with one attached hydrogen (secondary N) is 1. The van der Waals surface area contributed by atoms with Crippen LogP contribution in [-0.2, 0) is 14.2 Å². The second-order valence-electron chi connectivity index (χ2n) is 8.85. The standard InChI is InChI=1S/C25H27ClF2N2O3/c1-31-22(19-12-30-24-25(19)11-16(25)9-10-29-24)18-3-2-4-20(23(18)33-14-21(27)28)32-13-15-5-7-17(26)8-6-15/h4-5,7,9-10,12,16,21-22H,2-3,6,8,11,13-14H2,1H3,(H,29,30). The summed E-state index contributed by atoms with van der Waals surface area (Å²) < 4.78 is 44.0. The highest BCUT2D eigenvalue weighted by Gasteiger charge is 2.64. The second-order valence-corrected chi connectivity index (χ2v) is 9.34. The Kier molecular flexibility index (Phi) is 6.18. The molecular weight excluding hydrogens is 450 g/mol. The van der Waals surface area contributed by atoms with Crippen molar-refractivity contribution >= 4 is 17.4 Å². The number of allylic oxidation sites excluding steroid dienone is 5. The van der Waals surface area contributed by atoms with Crippen LogP contribution >= 0.6 is 11.6 Å². The molecule has 1 N–H and O–H groups in total. The summed E-state index contributed by atoms with van der Waals surface area (Å²) in [5.74, 6) is 2.16. The molecule has 3 atom stereocenters. The van der Waals surface area contributed by atoms with Crippen molar-refractivity contribution in [2.24, 2.45) is 16.3 Å². The highest BCUT2D eigenvalue weighted by molar-refractivity contribution is 6.29. The quantitative estimate of drug-likeness (QED) is 0.478. The van der Waals surface area contributed by atoms with Gasteiger partial charge in [0.25, 0.3) is 6.43 Å². The number of methoxy groups -OCH3 is 1. The fraction of sp³-hybridized carbons (Fsp3) is 0.480. The van der Waals surface area contributed by atoms with Crippen molar-refractivity contribution in [1.82, 2.24) is 5.32 Å². The molecule has 2 heterocycles. The summed E-state index contributed by atoms with van der Waals surface area (Å²) in [5.41, 5.74) is 2.79. The third-order valence-corrected chi connectivity index (χ3v) is 7.19. The molecule has 33 heavy (non-hydrogen) atoms. The lowest BCUT2D eigenvalue weighted by atomic mass is 9.83. The van der Waals surface area contributed by atoms with E-state index in [9.17, 15) is 8.78 Å². The Bertz CT molecular complexity index is 1040. The van der Waals surface area contributed by atoms with Gasteiger partial charge in [0.1, 0.15) is 25.2 Å². The number of aliphatic imine (C=N–C) groups is 1.